The monoisotopic (exact) mass is 250 g/mol. The molecule has 0 spiro atoms. The van der Waals surface area contributed by atoms with Crippen molar-refractivity contribution in [2.75, 3.05) is 32.5 Å². The summed E-state index contributed by atoms with van der Waals surface area (Å²) in [6, 6.07) is 0. The normalized spacial score (nSPS) is 16.6. The standard InChI is InChI=1S/C8H16N2O2.C2H6.CH4S/c9-8(12)7-1-3-10(4-2-7)5-6-11;2*1-2/h7,11H,1-6H2,(H2,9,12);1-2H3;2H,1H3. The molecule has 1 fully saturated rings. The third-order valence-corrected chi connectivity index (χ3v) is 2.41. The highest BCUT2D eigenvalue weighted by atomic mass is 32.1. The summed E-state index contributed by atoms with van der Waals surface area (Å²) in [7, 11) is 0. The van der Waals surface area contributed by atoms with Crippen molar-refractivity contribution in [1.29, 1.82) is 0 Å². The maximum Gasteiger partial charge on any atom is 0.220 e. The summed E-state index contributed by atoms with van der Waals surface area (Å²) in [5, 5.41) is 8.66. The second-order valence-electron chi connectivity index (χ2n) is 3.24. The Balaban J connectivity index is 0. The van der Waals surface area contributed by atoms with Crippen LogP contribution in [0, 0.1) is 5.92 Å². The van der Waals surface area contributed by atoms with Gasteiger partial charge in [0.05, 0.1) is 6.61 Å². The molecule has 0 atom stereocenters. The van der Waals surface area contributed by atoms with Crippen LogP contribution in [0.2, 0.25) is 0 Å². The van der Waals surface area contributed by atoms with E-state index in [4.69, 9.17) is 10.8 Å². The van der Waals surface area contributed by atoms with E-state index in [0.717, 1.165) is 25.9 Å². The Morgan fingerprint density at radius 3 is 2.12 bits per heavy atom. The molecule has 98 valence electrons. The number of aliphatic hydroxyl groups excluding tert-OH is 1. The quantitative estimate of drug-likeness (QED) is 0.648. The number of β-amino-alcohol motifs (C(OH)–C–C–N with tert-alkyl or cyclic N) is 1. The van der Waals surface area contributed by atoms with Crippen LogP contribution in [-0.2, 0) is 4.79 Å². The van der Waals surface area contributed by atoms with Crippen molar-refractivity contribution in [3.05, 3.63) is 0 Å². The van der Waals surface area contributed by atoms with E-state index >= 15 is 0 Å². The predicted molar refractivity (Wildman–Crippen MR) is 71.7 cm³/mol. The number of carbonyl (C=O) groups is 1. The van der Waals surface area contributed by atoms with E-state index < -0.39 is 0 Å². The molecule has 0 unspecified atom stereocenters. The summed E-state index contributed by atoms with van der Waals surface area (Å²) in [5.41, 5.74) is 5.18. The lowest BCUT2D eigenvalue weighted by molar-refractivity contribution is -0.123. The molecule has 1 amide bonds. The van der Waals surface area contributed by atoms with E-state index in [1.54, 1.807) is 6.26 Å². The number of thiol groups is 1. The van der Waals surface area contributed by atoms with Crippen molar-refractivity contribution < 1.29 is 9.90 Å². The lowest BCUT2D eigenvalue weighted by Crippen LogP contribution is -2.39. The van der Waals surface area contributed by atoms with Crippen LogP contribution in [0.25, 0.3) is 0 Å². The number of carbonyl (C=O) groups excluding carboxylic acids is 1. The zero-order valence-electron chi connectivity index (χ0n) is 10.6. The molecule has 0 aromatic carbocycles. The first kappa shape index (κ1) is 18.1. The summed E-state index contributed by atoms with van der Waals surface area (Å²) >= 11 is 3.53. The summed E-state index contributed by atoms with van der Waals surface area (Å²) < 4.78 is 0. The number of amides is 1. The lowest BCUT2D eigenvalue weighted by Gasteiger charge is -2.29. The maximum atomic E-state index is 10.8. The van der Waals surface area contributed by atoms with Gasteiger partial charge in [-0.15, -0.1) is 0 Å². The van der Waals surface area contributed by atoms with Gasteiger partial charge in [0.1, 0.15) is 0 Å². The van der Waals surface area contributed by atoms with Crippen LogP contribution >= 0.6 is 12.6 Å². The number of nitrogens with zero attached hydrogens (tertiary/aromatic N) is 1. The van der Waals surface area contributed by atoms with Gasteiger partial charge in [0.25, 0.3) is 0 Å². The average molecular weight is 250 g/mol. The second-order valence-corrected chi connectivity index (χ2v) is 3.24. The fraction of sp³-hybridized carbons (Fsp3) is 0.909. The van der Waals surface area contributed by atoms with Crippen molar-refractivity contribution >= 4 is 18.5 Å². The molecule has 0 aromatic heterocycles. The van der Waals surface area contributed by atoms with Gasteiger partial charge in [-0.2, -0.15) is 12.6 Å². The summed E-state index contributed by atoms with van der Waals surface area (Å²) in [4.78, 5) is 12.9. The van der Waals surface area contributed by atoms with Gasteiger partial charge in [0, 0.05) is 12.5 Å². The zero-order chi connectivity index (χ0) is 13.0. The second kappa shape index (κ2) is 12.8. The van der Waals surface area contributed by atoms with Gasteiger partial charge >= 0.3 is 0 Å². The molecule has 0 bridgehead atoms. The van der Waals surface area contributed by atoms with E-state index in [2.05, 4.69) is 17.5 Å². The van der Waals surface area contributed by atoms with E-state index in [9.17, 15) is 4.79 Å². The van der Waals surface area contributed by atoms with E-state index in [1.165, 1.54) is 0 Å². The van der Waals surface area contributed by atoms with Crippen LogP contribution in [0.4, 0.5) is 0 Å². The Labute approximate surface area is 105 Å². The highest BCUT2D eigenvalue weighted by Crippen LogP contribution is 2.15. The molecule has 5 heteroatoms. The third-order valence-electron chi connectivity index (χ3n) is 2.41. The van der Waals surface area contributed by atoms with Crippen molar-refractivity contribution in [3.63, 3.8) is 0 Å². The number of hydrogen-bond donors (Lipinski definition) is 3. The van der Waals surface area contributed by atoms with E-state index in [-0.39, 0.29) is 18.4 Å². The van der Waals surface area contributed by atoms with Crippen molar-refractivity contribution in [3.8, 4) is 0 Å². The summed E-state index contributed by atoms with van der Waals surface area (Å²) in [6.07, 6.45) is 3.38. The van der Waals surface area contributed by atoms with Crippen molar-refractivity contribution in [1.82, 2.24) is 4.90 Å². The van der Waals surface area contributed by atoms with E-state index in [1.807, 2.05) is 13.8 Å². The fourth-order valence-corrected chi connectivity index (χ4v) is 1.58. The number of aliphatic hydroxyl groups is 1. The molecular weight excluding hydrogens is 224 g/mol. The molecule has 4 nitrogen and oxygen atoms in total. The molecule has 1 heterocycles. The molecule has 1 saturated heterocycles. The Hall–Kier alpha value is -0.260. The van der Waals surface area contributed by atoms with Gasteiger partial charge < -0.3 is 15.7 Å². The third kappa shape index (κ3) is 7.96. The Morgan fingerprint density at radius 2 is 1.81 bits per heavy atom. The number of piperidine rings is 1. The predicted octanol–water partition coefficient (Wildman–Crippen LogP) is 0.748. The fourth-order valence-electron chi connectivity index (χ4n) is 1.58. The van der Waals surface area contributed by atoms with Crippen LogP contribution in [-0.4, -0.2) is 48.4 Å². The van der Waals surface area contributed by atoms with Crippen LogP contribution in [0.15, 0.2) is 0 Å². The summed E-state index contributed by atoms with van der Waals surface area (Å²) in [6.45, 7) is 6.68. The Bertz CT molecular complexity index is 160. The molecule has 0 saturated carbocycles. The molecule has 0 aromatic rings. The highest BCUT2D eigenvalue weighted by Gasteiger charge is 2.22. The van der Waals surface area contributed by atoms with E-state index in [0.29, 0.717) is 6.54 Å². The lowest BCUT2D eigenvalue weighted by atomic mass is 9.96. The molecule has 1 aliphatic heterocycles. The first-order chi connectivity index (χ1) is 7.74. The molecule has 1 aliphatic rings. The zero-order valence-corrected chi connectivity index (χ0v) is 11.5. The molecular formula is C11H26N2O2S. The molecule has 0 radical (unpaired) electrons. The topological polar surface area (TPSA) is 66.6 Å². The van der Waals surface area contributed by atoms with Gasteiger partial charge in [0.2, 0.25) is 5.91 Å². The number of nitrogens with two attached hydrogens (primary N) is 1. The van der Waals surface area contributed by atoms with Crippen molar-refractivity contribution in [2.45, 2.75) is 26.7 Å². The average Bonchev–Trinajstić information content (AvgIpc) is 2.35. The molecule has 3 N–H and O–H groups in total. The van der Waals surface area contributed by atoms with Crippen LogP contribution in [0.1, 0.15) is 26.7 Å². The number of hydrogen-bond acceptors (Lipinski definition) is 4. The Kier molecular flexibility index (Phi) is 14.5. The van der Waals surface area contributed by atoms with Crippen LogP contribution in [0.3, 0.4) is 0 Å². The highest BCUT2D eigenvalue weighted by molar-refractivity contribution is 7.79. The summed E-state index contributed by atoms with van der Waals surface area (Å²) in [5.74, 6) is -0.126. The number of likely N-dealkylation sites (tertiary alicyclic amines) is 1. The molecule has 16 heavy (non-hydrogen) atoms. The number of rotatable bonds is 3. The first-order valence-electron chi connectivity index (χ1n) is 5.81. The SMILES string of the molecule is CC.CS.NC(=O)C1CCN(CCO)CC1. The minimum absolute atomic E-state index is 0.0555. The van der Waals surface area contributed by atoms with Crippen LogP contribution < -0.4 is 5.73 Å². The van der Waals surface area contributed by atoms with Gasteiger partial charge in [-0.25, -0.2) is 0 Å². The number of primary amides is 1. The van der Waals surface area contributed by atoms with Gasteiger partial charge in [0.15, 0.2) is 0 Å². The minimum atomic E-state index is -0.182. The largest absolute Gasteiger partial charge is 0.395 e. The Morgan fingerprint density at radius 1 is 1.38 bits per heavy atom. The van der Waals surface area contributed by atoms with Gasteiger partial charge in [-0.3, -0.25) is 4.79 Å². The maximum absolute atomic E-state index is 10.8. The first-order valence-corrected chi connectivity index (χ1v) is 6.70. The molecule has 0 aliphatic carbocycles. The molecule has 1 rings (SSSR count). The van der Waals surface area contributed by atoms with Crippen LogP contribution in [0.5, 0.6) is 0 Å². The van der Waals surface area contributed by atoms with Crippen molar-refractivity contribution in [2.24, 2.45) is 11.7 Å². The van der Waals surface area contributed by atoms with Gasteiger partial charge in [-0.1, -0.05) is 13.8 Å². The van der Waals surface area contributed by atoms with Gasteiger partial charge in [-0.05, 0) is 32.2 Å². The minimum Gasteiger partial charge on any atom is -0.395 e. The smallest absolute Gasteiger partial charge is 0.220 e.